The van der Waals surface area contributed by atoms with Crippen LogP contribution in [0.25, 0.3) is 5.76 Å². The van der Waals surface area contributed by atoms with E-state index in [4.69, 9.17) is 18.9 Å². The molecule has 2 aromatic carbocycles. The Morgan fingerprint density at radius 2 is 1.88 bits per heavy atom. The highest BCUT2D eigenvalue weighted by Gasteiger charge is 2.48. The molecule has 1 saturated heterocycles. The molecule has 0 radical (unpaired) electrons. The van der Waals surface area contributed by atoms with Gasteiger partial charge in [-0.25, -0.2) is 0 Å². The van der Waals surface area contributed by atoms with E-state index >= 15 is 0 Å². The summed E-state index contributed by atoms with van der Waals surface area (Å²) >= 11 is 1.38. The number of ether oxygens (including phenoxy) is 4. The molecule has 168 valence electrons. The molecule has 3 aromatic rings. The van der Waals surface area contributed by atoms with Gasteiger partial charge in [-0.15, -0.1) is 11.3 Å². The van der Waals surface area contributed by atoms with E-state index in [1.54, 1.807) is 36.4 Å². The number of rotatable bonds is 5. The van der Waals surface area contributed by atoms with Crippen molar-refractivity contribution in [3.8, 4) is 23.0 Å². The molecule has 0 saturated carbocycles. The predicted octanol–water partition coefficient (Wildman–Crippen LogP) is 4.12. The lowest BCUT2D eigenvalue weighted by atomic mass is 9.99. The molecule has 0 spiro atoms. The Morgan fingerprint density at radius 1 is 1.06 bits per heavy atom. The summed E-state index contributed by atoms with van der Waals surface area (Å²) in [4.78, 5) is 28.6. The largest absolute Gasteiger partial charge is 0.507 e. The number of nitrogens with zero attached hydrogens (tertiary/aromatic N) is 1. The minimum atomic E-state index is -0.832. The van der Waals surface area contributed by atoms with E-state index in [2.05, 4.69) is 0 Å². The van der Waals surface area contributed by atoms with Gasteiger partial charge in [0.15, 0.2) is 11.5 Å². The zero-order valence-corrected chi connectivity index (χ0v) is 18.5. The summed E-state index contributed by atoms with van der Waals surface area (Å²) in [5.74, 6) is -0.0460. The normalized spacial score (nSPS) is 18.6. The molecule has 2 aliphatic rings. The van der Waals surface area contributed by atoms with Gasteiger partial charge in [-0.2, -0.15) is 0 Å². The van der Waals surface area contributed by atoms with Gasteiger partial charge < -0.3 is 24.1 Å². The van der Waals surface area contributed by atoms with E-state index in [0.29, 0.717) is 28.7 Å². The first-order valence-electron chi connectivity index (χ1n) is 10.00. The highest BCUT2D eigenvalue weighted by Crippen LogP contribution is 2.46. The van der Waals surface area contributed by atoms with E-state index in [1.165, 1.54) is 30.5 Å². The van der Waals surface area contributed by atoms with Crippen LogP contribution in [0.3, 0.4) is 0 Å². The number of hydrogen-bond acceptors (Lipinski definition) is 8. The molecule has 33 heavy (non-hydrogen) atoms. The van der Waals surface area contributed by atoms with Crippen LogP contribution in [-0.2, 0) is 9.59 Å². The Kier molecular flexibility index (Phi) is 5.18. The molecule has 1 atom stereocenters. The minimum absolute atomic E-state index is 0.0355. The number of methoxy groups -OCH3 is 2. The molecular weight excluding hydrogens is 446 g/mol. The number of fused-ring (bicyclic) bond motifs is 1. The molecule has 0 bridgehead atoms. The van der Waals surface area contributed by atoms with Crippen LogP contribution >= 0.6 is 11.3 Å². The molecule has 2 aliphatic heterocycles. The maximum absolute atomic E-state index is 13.3. The van der Waals surface area contributed by atoms with Crippen LogP contribution in [0.1, 0.15) is 16.5 Å². The number of aliphatic hydroxyl groups is 1. The average molecular weight is 465 g/mol. The molecular formula is C24H19NO7S. The van der Waals surface area contributed by atoms with E-state index in [9.17, 15) is 14.7 Å². The second kappa shape index (κ2) is 8.18. The lowest BCUT2D eigenvalue weighted by Crippen LogP contribution is -2.29. The Bertz CT molecular complexity index is 1280. The van der Waals surface area contributed by atoms with Crippen molar-refractivity contribution in [2.75, 3.05) is 25.9 Å². The highest BCUT2D eigenvalue weighted by molar-refractivity contribution is 7.10. The van der Waals surface area contributed by atoms with Crippen molar-refractivity contribution in [3.05, 3.63) is 69.9 Å². The van der Waals surface area contributed by atoms with Crippen molar-refractivity contribution in [2.45, 2.75) is 6.04 Å². The van der Waals surface area contributed by atoms with Crippen LogP contribution in [0, 0.1) is 0 Å². The zero-order chi connectivity index (χ0) is 23.1. The van der Waals surface area contributed by atoms with Gasteiger partial charge in [-0.3, -0.25) is 14.5 Å². The van der Waals surface area contributed by atoms with Gasteiger partial charge in [-0.1, -0.05) is 6.07 Å². The van der Waals surface area contributed by atoms with E-state index in [0.717, 1.165) is 4.88 Å². The van der Waals surface area contributed by atoms with Crippen molar-refractivity contribution in [1.82, 2.24) is 0 Å². The SMILES string of the molecule is COc1ccc(OC)c(/C(O)=C2/C(=O)C(=O)N(c3ccc4c(c3)OCO4)C2c2cccs2)c1. The molecule has 1 unspecified atom stereocenters. The standard InChI is InChI=1S/C24H19NO7S/c1-29-14-6-8-16(30-2)15(11-14)22(26)20-21(19-4-3-9-33-19)25(24(28)23(20)27)13-5-7-17-18(10-13)32-12-31-17/h3-11,21,26H,12H2,1-2H3/b22-20-. The smallest absolute Gasteiger partial charge is 0.300 e. The number of benzene rings is 2. The highest BCUT2D eigenvalue weighted by atomic mass is 32.1. The number of carbonyl (C=O) groups is 2. The minimum Gasteiger partial charge on any atom is -0.507 e. The van der Waals surface area contributed by atoms with Crippen molar-refractivity contribution in [3.63, 3.8) is 0 Å². The van der Waals surface area contributed by atoms with Gasteiger partial charge in [0.25, 0.3) is 11.7 Å². The van der Waals surface area contributed by atoms with Gasteiger partial charge in [-0.05, 0) is 41.8 Å². The Hall–Kier alpha value is -3.98. The summed E-state index contributed by atoms with van der Waals surface area (Å²) in [5.41, 5.74) is 0.671. The predicted molar refractivity (Wildman–Crippen MR) is 121 cm³/mol. The molecule has 1 aromatic heterocycles. The molecule has 3 heterocycles. The fourth-order valence-electron chi connectivity index (χ4n) is 3.99. The van der Waals surface area contributed by atoms with E-state index in [-0.39, 0.29) is 23.7 Å². The second-order valence-electron chi connectivity index (χ2n) is 7.29. The zero-order valence-electron chi connectivity index (χ0n) is 17.7. The quantitative estimate of drug-likeness (QED) is 0.344. The molecule has 1 fully saturated rings. The third-order valence-corrected chi connectivity index (χ3v) is 6.48. The summed E-state index contributed by atoms with van der Waals surface area (Å²) in [6, 6.07) is 12.7. The van der Waals surface area contributed by atoms with Crippen LogP contribution < -0.4 is 23.8 Å². The first-order valence-corrected chi connectivity index (χ1v) is 10.9. The number of ketones is 1. The molecule has 9 heteroatoms. The Morgan fingerprint density at radius 3 is 2.61 bits per heavy atom. The van der Waals surface area contributed by atoms with Gasteiger partial charge in [0, 0.05) is 16.6 Å². The lowest BCUT2D eigenvalue weighted by molar-refractivity contribution is -0.132. The third kappa shape index (κ3) is 3.37. The number of hydrogen-bond donors (Lipinski definition) is 1. The summed E-state index contributed by atoms with van der Waals surface area (Å²) in [5, 5.41) is 13.2. The van der Waals surface area contributed by atoms with Gasteiger partial charge in [0.2, 0.25) is 6.79 Å². The maximum Gasteiger partial charge on any atom is 0.300 e. The van der Waals surface area contributed by atoms with Crippen molar-refractivity contribution in [1.29, 1.82) is 0 Å². The first-order chi connectivity index (χ1) is 16.0. The van der Waals surface area contributed by atoms with Crippen molar-refractivity contribution < 1.29 is 33.6 Å². The maximum atomic E-state index is 13.3. The summed E-state index contributed by atoms with van der Waals surface area (Å²) < 4.78 is 21.5. The van der Waals surface area contributed by atoms with Gasteiger partial charge >= 0.3 is 0 Å². The number of amides is 1. The average Bonchev–Trinajstić information content (AvgIpc) is 3.58. The molecule has 1 amide bonds. The van der Waals surface area contributed by atoms with Gasteiger partial charge in [0.05, 0.1) is 25.4 Å². The summed E-state index contributed by atoms with van der Waals surface area (Å²) in [6.45, 7) is 0.0849. The number of thiophene rings is 1. The number of anilines is 1. The molecule has 0 aliphatic carbocycles. The van der Waals surface area contributed by atoms with E-state index < -0.39 is 17.7 Å². The van der Waals surface area contributed by atoms with Crippen molar-refractivity contribution in [2.24, 2.45) is 0 Å². The number of aliphatic hydroxyl groups excluding tert-OH is 1. The number of carbonyl (C=O) groups excluding carboxylic acids is 2. The molecule has 5 rings (SSSR count). The van der Waals surface area contributed by atoms with E-state index in [1.807, 2.05) is 17.5 Å². The van der Waals surface area contributed by atoms with Crippen LogP contribution in [-0.4, -0.2) is 37.8 Å². The van der Waals surface area contributed by atoms with Gasteiger partial charge in [0.1, 0.15) is 23.3 Å². The van der Waals surface area contributed by atoms with Crippen LogP contribution in [0.2, 0.25) is 0 Å². The fourth-order valence-corrected chi connectivity index (χ4v) is 4.82. The Balaban J connectivity index is 1.71. The van der Waals surface area contributed by atoms with Crippen LogP contribution in [0.5, 0.6) is 23.0 Å². The summed E-state index contributed by atoms with van der Waals surface area (Å²) in [7, 11) is 2.95. The third-order valence-electron chi connectivity index (χ3n) is 5.55. The molecule has 8 nitrogen and oxygen atoms in total. The molecule has 1 N–H and O–H groups in total. The lowest BCUT2D eigenvalue weighted by Gasteiger charge is -2.24. The fraction of sp³-hybridized carbons (Fsp3) is 0.167. The van der Waals surface area contributed by atoms with Crippen molar-refractivity contribution >= 4 is 34.5 Å². The first kappa shape index (κ1) is 20.9. The summed E-state index contributed by atoms with van der Waals surface area (Å²) in [6.07, 6.45) is 0. The monoisotopic (exact) mass is 465 g/mol. The number of Topliss-reactive ketones (excluding diaryl/α,β-unsaturated/α-hetero) is 1. The topological polar surface area (TPSA) is 94.5 Å². The van der Waals surface area contributed by atoms with Crippen LogP contribution in [0.15, 0.2) is 59.5 Å². The van der Waals surface area contributed by atoms with Crippen LogP contribution in [0.4, 0.5) is 5.69 Å². The Labute approximate surface area is 193 Å². The second-order valence-corrected chi connectivity index (χ2v) is 8.27.